The third kappa shape index (κ3) is 3.62. The molecule has 1 N–H and O–H groups in total. The first kappa shape index (κ1) is 13.8. The molecule has 0 bridgehead atoms. The smallest absolute Gasteiger partial charge is 0.335 e. The summed E-state index contributed by atoms with van der Waals surface area (Å²) in [4.78, 5) is 10.8. The van der Waals surface area contributed by atoms with Gasteiger partial charge in [-0.05, 0) is 64.2 Å². The Labute approximate surface area is 121 Å². The maximum absolute atomic E-state index is 10.8. The molecule has 0 saturated heterocycles. The summed E-state index contributed by atoms with van der Waals surface area (Å²) in [5.41, 5.74) is 0.284. The summed E-state index contributed by atoms with van der Waals surface area (Å²) in [5.74, 6) is -0.180. The van der Waals surface area contributed by atoms with Crippen molar-refractivity contribution in [1.29, 1.82) is 0 Å². The molecule has 0 spiro atoms. The van der Waals surface area contributed by atoms with E-state index >= 15 is 0 Å². The van der Waals surface area contributed by atoms with Gasteiger partial charge in [0.1, 0.15) is 12.4 Å². The van der Waals surface area contributed by atoms with E-state index in [1.807, 2.05) is 19.1 Å². The van der Waals surface area contributed by atoms with Gasteiger partial charge in [0.15, 0.2) is 0 Å². The van der Waals surface area contributed by atoms with Crippen molar-refractivity contribution in [2.24, 2.45) is 0 Å². The zero-order chi connectivity index (χ0) is 12.1. The van der Waals surface area contributed by atoms with Crippen molar-refractivity contribution in [3.8, 4) is 5.75 Å². The van der Waals surface area contributed by atoms with Crippen LogP contribution in [-0.2, 0) is 0 Å². The molecule has 5 heteroatoms. The highest BCUT2D eigenvalue weighted by Crippen LogP contribution is 2.29. The Hall–Kier alpha value is -0.310. The number of benzene rings is 1. The molecule has 0 heterocycles. The van der Waals surface area contributed by atoms with Crippen molar-refractivity contribution in [2.45, 2.75) is 6.92 Å². The Balaban J connectivity index is 2.98. The molecule has 0 fully saturated rings. The summed E-state index contributed by atoms with van der Waals surface area (Å²) in [6, 6.07) is 3.21. The average molecular weight is 444 g/mol. The fourth-order valence-corrected chi connectivity index (χ4v) is 3.13. The second-order valence-electron chi connectivity index (χ2n) is 2.95. The van der Waals surface area contributed by atoms with E-state index in [1.54, 1.807) is 12.1 Å². The Kier molecular flexibility index (Phi) is 5.53. The fraction of sp³-hybridized carbons (Fsp3) is 0.182. The van der Waals surface area contributed by atoms with E-state index in [2.05, 4.69) is 45.2 Å². The number of aromatic carboxylic acids is 1. The van der Waals surface area contributed by atoms with Gasteiger partial charge < -0.3 is 9.84 Å². The predicted molar refractivity (Wildman–Crippen MR) is 79.1 cm³/mol. The van der Waals surface area contributed by atoms with Crippen molar-refractivity contribution >= 4 is 51.2 Å². The summed E-state index contributed by atoms with van der Waals surface area (Å²) in [7, 11) is 0. The largest absolute Gasteiger partial charge is 0.487 e. The van der Waals surface area contributed by atoms with Crippen molar-refractivity contribution in [3.05, 3.63) is 37.0 Å². The number of ether oxygens (including phenoxy) is 1. The number of rotatable bonds is 4. The molecule has 16 heavy (non-hydrogen) atoms. The van der Waals surface area contributed by atoms with Gasteiger partial charge in [-0.1, -0.05) is 12.2 Å². The fourth-order valence-electron chi connectivity index (χ4n) is 1.05. The minimum atomic E-state index is -0.921. The van der Waals surface area contributed by atoms with Gasteiger partial charge in [-0.2, -0.15) is 0 Å². The van der Waals surface area contributed by atoms with E-state index < -0.39 is 5.97 Å². The molecule has 1 aromatic carbocycles. The van der Waals surface area contributed by atoms with Gasteiger partial charge in [-0.3, -0.25) is 0 Å². The van der Waals surface area contributed by atoms with Crippen LogP contribution in [0.3, 0.4) is 0 Å². The summed E-state index contributed by atoms with van der Waals surface area (Å²) >= 11 is 4.16. The minimum Gasteiger partial charge on any atom is -0.487 e. The van der Waals surface area contributed by atoms with Crippen LogP contribution in [0, 0.1) is 7.14 Å². The predicted octanol–water partition coefficient (Wildman–Crippen LogP) is 3.55. The summed E-state index contributed by atoms with van der Waals surface area (Å²) in [5, 5.41) is 8.88. The molecule has 0 aliphatic rings. The number of carboxylic acids is 1. The number of halogens is 2. The lowest BCUT2D eigenvalue weighted by molar-refractivity contribution is 0.0696. The van der Waals surface area contributed by atoms with Gasteiger partial charge in [0.2, 0.25) is 0 Å². The van der Waals surface area contributed by atoms with Crippen molar-refractivity contribution in [3.63, 3.8) is 0 Å². The quantitative estimate of drug-likeness (QED) is 0.571. The monoisotopic (exact) mass is 444 g/mol. The molecule has 0 aliphatic heterocycles. The van der Waals surface area contributed by atoms with Gasteiger partial charge in [0, 0.05) is 0 Å². The molecule has 0 radical (unpaired) electrons. The number of hydrogen-bond donors (Lipinski definition) is 1. The van der Waals surface area contributed by atoms with Gasteiger partial charge >= 0.3 is 5.97 Å². The van der Waals surface area contributed by atoms with Crippen molar-refractivity contribution < 1.29 is 14.6 Å². The van der Waals surface area contributed by atoms with E-state index in [4.69, 9.17) is 9.84 Å². The van der Waals surface area contributed by atoms with Crippen LogP contribution in [0.2, 0.25) is 0 Å². The summed E-state index contributed by atoms with van der Waals surface area (Å²) in [6.45, 7) is 2.42. The third-order valence-electron chi connectivity index (χ3n) is 1.80. The van der Waals surface area contributed by atoms with Crippen LogP contribution in [0.15, 0.2) is 24.3 Å². The first-order valence-electron chi connectivity index (χ1n) is 4.52. The summed E-state index contributed by atoms with van der Waals surface area (Å²) in [6.07, 6.45) is 3.81. The second kappa shape index (κ2) is 6.43. The number of allylic oxidation sites excluding steroid dienone is 1. The molecule has 0 aromatic heterocycles. The molecule has 0 atom stereocenters. The molecule has 1 rings (SSSR count). The Morgan fingerprint density at radius 1 is 1.44 bits per heavy atom. The zero-order valence-electron chi connectivity index (χ0n) is 8.54. The van der Waals surface area contributed by atoms with Crippen LogP contribution in [-0.4, -0.2) is 17.7 Å². The van der Waals surface area contributed by atoms with Crippen LogP contribution >= 0.6 is 45.2 Å². The first-order valence-corrected chi connectivity index (χ1v) is 6.68. The first-order chi connectivity index (χ1) is 7.56. The lowest BCUT2D eigenvalue weighted by atomic mass is 10.2. The van der Waals surface area contributed by atoms with Crippen LogP contribution in [0.5, 0.6) is 5.75 Å². The molecule has 0 aliphatic carbocycles. The van der Waals surface area contributed by atoms with E-state index in [-0.39, 0.29) is 5.56 Å². The maximum Gasteiger partial charge on any atom is 0.335 e. The lowest BCUT2D eigenvalue weighted by Crippen LogP contribution is -2.02. The molecule has 0 saturated carbocycles. The molecule has 1 aromatic rings. The zero-order valence-corrected chi connectivity index (χ0v) is 12.9. The van der Waals surface area contributed by atoms with E-state index in [0.717, 1.165) is 12.9 Å². The average Bonchev–Trinajstić information content (AvgIpc) is 2.21. The van der Waals surface area contributed by atoms with E-state index in [9.17, 15) is 4.79 Å². The SMILES string of the molecule is C/C=C/COc1c(I)cc(C(=O)O)cc1I. The van der Waals surface area contributed by atoms with Crippen molar-refractivity contribution in [1.82, 2.24) is 0 Å². The molecule has 86 valence electrons. The van der Waals surface area contributed by atoms with Gasteiger partial charge in [-0.25, -0.2) is 4.79 Å². The molecule has 3 nitrogen and oxygen atoms in total. The highest BCUT2D eigenvalue weighted by Gasteiger charge is 2.11. The van der Waals surface area contributed by atoms with Crippen LogP contribution in [0.1, 0.15) is 17.3 Å². The lowest BCUT2D eigenvalue weighted by Gasteiger charge is -2.09. The number of carbonyl (C=O) groups is 1. The van der Waals surface area contributed by atoms with Crippen LogP contribution < -0.4 is 4.74 Å². The highest BCUT2D eigenvalue weighted by molar-refractivity contribution is 14.1. The normalized spacial score (nSPS) is 10.7. The van der Waals surface area contributed by atoms with Crippen LogP contribution in [0.4, 0.5) is 0 Å². The maximum atomic E-state index is 10.8. The number of carboxylic acid groups (broad SMARTS) is 1. The summed E-state index contributed by atoms with van der Waals surface area (Å²) < 4.78 is 7.17. The molecular weight excluding hydrogens is 434 g/mol. The highest BCUT2D eigenvalue weighted by atomic mass is 127. The molecule has 0 amide bonds. The van der Waals surface area contributed by atoms with E-state index in [1.165, 1.54) is 0 Å². The molecule has 0 unspecified atom stereocenters. The topological polar surface area (TPSA) is 46.5 Å². The second-order valence-corrected chi connectivity index (χ2v) is 5.28. The van der Waals surface area contributed by atoms with Gasteiger partial charge in [-0.15, -0.1) is 0 Å². The standard InChI is InChI=1S/C11H10I2O3/c1-2-3-4-16-10-8(12)5-7(11(14)15)6-9(10)13/h2-3,5-6H,4H2,1H3,(H,14,15)/b3-2+. The van der Waals surface area contributed by atoms with Crippen LogP contribution in [0.25, 0.3) is 0 Å². The molecular formula is C11H10I2O3. The Morgan fingerprint density at radius 2 is 2.00 bits per heavy atom. The van der Waals surface area contributed by atoms with Gasteiger partial charge in [0.25, 0.3) is 0 Å². The Bertz CT molecular complexity index is 404. The van der Waals surface area contributed by atoms with Crippen molar-refractivity contribution in [2.75, 3.05) is 6.61 Å². The Morgan fingerprint density at radius 3 is 2.44 bits per heavy atom. The number of hydrogen-bond acceptors (Lipinski definition) is 2. The minimum absolute atomic E-state index is 0.284. The van der Waals surface area contributed by atoms with E-state index in [0.29, 0.717) is 6.61 Å². The third-order valence-corrected chi connectivity index (χ3v) is 3.41. The van der Waals surface area contributed by atoms with Gasteiger partial charge in [0.05, 0.1) is 12.7 Å².